The summed E-state index contributed by atoms with van der Waals surface area (Å²) in [7, 11) is 0. The second-order valence-electron chi connectivity index (χ2n) is 8.26. The highest BCUT2D eigenvalue weighted by Crippen LogP contribution is 2.28. The van der Waals surface area contributed by atoms with E-state index >= 15 is 0 Å². The average molecular weight is 536 g/mol. The Morgan fingerprint density at radius 3 is 2.03 bits per heavy atom. The van der Waals surface area contributed by atoms with E-state index in [0.717, 1.165) is 32.7 Å². The van der Waals surface area contributed by atoms with E-state index in [4.69, 9.17) is 38.2 Å². The van der Waals surface area contributed by atoms with Crippen molar-refractivity contribution in [2.24, 2.45) is 0 Å². The number of carboxylic acids is 2. The minimum Gasteiger partial charge on any atom is -0.487 e. The molecule has 0 aliphatic carbocycles. The quantitative estimate of drug-likeness (QED) is 0.542. The molecule has 36 heavy (non-hydrogen) atoms. The number of likely N-dealkylation sites (tertiary alicyclic amines) is 1. The third kappa shape index (κ3) is 8.44. The van der Waals surface area contributed by atoms with Crippen molar-refractivity contribution in [3.8, 4) is 5.75 Å². The molecule has 0 bridgehead atoms. The summed E-state index contributed by atoms with van der Waals surface area (Å²) in [4.78, 5) is 38.0. The molecule has 0 unspecified atom stereocenters. The first-order chi connectivity index (χ1) is 17.2. The molecule has 0 radical (unpaired) electrons. The smallest absolute Gasteiger partial charge is 0.328 e. The van der Waals surface area contributed by atoms with E-state index in [1.165, 1.54) is 5.56 Å². The van der Waals surface area contributed by atoms with Crippen molar-refractivity contribution in [1.82, 2.24) is 14.7 Å². The molecular formula is C25H27Cl2N3O6. The van der Waals surface area contributed by atoms with Crippen LogP contribution in [-0.2, 0) is 16.1 Å². The van der Waals surface area contributed by atoms with Gasteiger partial charge in [0.2, 0.25) is 0 Å². The Morgan fingerprint density at radius 1 is 0.861 bits per heavy atom. The summed E-state index contributed by atoms with van der Waals surface area (Å²) in [5.74, 6) is -1.83. The molecular weight excluding hydrogens is 509 g/mol. The summed E-state index contributed by atoms with van der Waals surface area (Å²) in [6.07, 6.45) is 1.12. The van der Waals surface area contributed by atoms with Crippen molar-refractivity contribution >= 4 is 41.2 Å². The molecule has 2 aromatic rings. The highest BCUT2D eigenvalue weighted by molar-refractivity contribution is 6.42. The monoisotopic (exact) mass is 535 g/mol. The maximum atomic E-state index is 12.7. The third-order valence-corrected chi connectivity index (χ3v) is 6.31. The molecule has 2 fully saturated rings. The number of nitrogens with zero attached hydrogens (tertiary/aromatic N) is 3. The molecule has 2 saturated heterocycles. The summed E-state index contributed by atoms with van der Waals surface area (Å²) < 4.78 is 5.87. The number of hydrogen-bond donors (Lipinski definition) is 2. The van der Waals surface area contributed by atoms with Crippen LogP contribution < -0.4 is 4.74 Å². The van der Waals surface area contributed by atoms with Crippen molar-refractivity contribution < 1.29 is 29.3 Å². The lowest BCUT2D eigenvalue weighted by atomic mass is 10.1. The number of ether oxygens (including phenoxy) is 1. The number of urea groups is 1. The molecule has 192 valence electrons. The number of hydrogen-bond acceptors (Lipinski definition) is 5. The maximum absolute atomic E-state index is 12.7. The molecule has 0 aromatic heterocycles. The molecule has 2 aliphatic rings. The van der Waals surface area contributed by atoms with Crippen LogP contribution >= 0.6 is 23.2 Å². The second-order valence-corrected chi connectivity index (χ2v) is 9.08. The van der Waals surface area contributed by atoms with Gasteiger partial charge in [-0.15, -0.1) is 0 Å². The highest BCUT2D eigenvalue weighted by Gasteiger charge is 2.35. The van der Waals surface area contributed by atoms with Crippen molar-refractivity contribution in [3.63, 3.8) is 0 Å². The Morgan fingerprint density at radius 2 is 1.47 bits per heavy atom. The van der Waals surface area contributed by atoms with Crippen LogP contribution in [0, 0.1) is 0 Å². The lowest BCUT2D eigenvalue weighted by Gasteiger charge is -2.43. The van der Waals surface area contributed by atoms with Gasteiger partial charge in [-0.2, -0.15) is 0 Å². The number of aliphatic carboxylic acids is 2. The lowest BCUT2D eigenvalue weighted by Crippen LogP contribution is -2.61. The minimum atomic E-state index is -1.26. The first-order valence-electron chi connectivity index (χ1n) is 11.3. The number of piperazine rings is 1. The van der Waals surface area contributed by atoms with Gasteiger partial charge in [-0.25, -0.2) is 14.4 Å². The topological polar surface area (TPSA) is 111 Å². The van der Waals surface area contributed by atoms with Crippen molar-refractivity contribution in [3.05, 3.63) is 76.3 Å². The van der Waals surface area contributed by atoms with Gasteiger partial charge in [0.1, 0.15) is 11.9 Å². The van der Waals surface area contributed by atoms with Crippen molar-refractivity contribution in [2.75, 3.05) is 39.3 Å². The van der Waals surface area contributed by atoms with Gasteiger partial charge in [0.05, 0.1) is 23.1 Å². The molecule has 4 rings (SSSR count). The van der Waals surface area contributed by atoms with Crippen LogP contribution in [0.4, 0.5) is 4.79 Å². The third-order valence-electron chi connectivity index (χ3n) is 5.57. The normalized spacial score (nSPS) is 16.2. The van der Waals surface area contributed by atoms with Gasteiger partial charge in [-0.3, -0.25) is 4.90 Å². The van der Waals surface area contributed by atoms with E-state index in [0.29, 0.717) is 41.0 Å². The summed E-state index contributed by atoms with van der Waals surface area (Å²) in [5, 5.41) is 16.6. The molecule has 2 N–H and O–H groups in total. The van der Waals surface area contributed by atoms with Gasteiger partial charge >= 0.3 is 18.0 Å². The minimum absolute atomic E-state index is 0.000520. The van der Waals surface area contributed by atoms with Crippen LogP contribution in [0.25, 0.3) is 0 Å². The zero-order valence-corrected chi connectivity index (χ0v) is 20.9. The van der Waals surface area contributed by atoms with E-state index < -0.39 is 11.9 Å². The average Bonchev–Trinajstić information content (AvgIpc) is 2.83. The zero-order valence-electron chi connectivity index (χ0n) is 19.4. The summed E-state index contributed by atoms with van der Waals surface area (Å²) in [6, 6.07) is 15.8. The van der Waals surface area contributed by atoms with Gasteiger partial charge in [-0.1, -0.05) is 53.5 Å². The second kappa shape index (κ2) is 13.2. The lowest BCUT2D eigenvalue weighted by molar-refractivity contribution is -0.134. The molecule has 0 saturated carbocycles. The molecule has 11 heteroatoms. The molecule has 2 amide bonds. The van der Waals surface area contributed by atoms with Crippen LogP contribution in [0.5, 0.6) is 5.75 Å². The van der Waals surface area contributed by atoms with E-state index in [9.17, 15) is 14.4 Å². The predicted octanol–water partition coefficient (Wildman–Crippen LogP) is 3.71. The zero-order chi connectivity index (χ0) is 26.1. The van der Waals surface area contributed by atoms with Gasteiger partial charge in [0, 0.05) is 50.9 Å². The molecule has 2 aromatic carbocycles. The van der Waals surface area contributed by atoms with Gasteiger partial charge in [-0.05, 0) is 17.7 Å². The Kier molecular flexibility index (Phi) is 9.98. The van der Waals surface area contributed by atoms with Gasteiger partial charge < -0.3 is 24.7 Å². The summed E-state index contributed by atoms with van der Waals surface area (Å²) in [5.41, 5.74) is 1.31. The summed E-state index contributed by atoms with van der Waals surface area (Å²) >= 11 is 11.9. The Bertz CT molecular complexity index is 1070. The van der Waals surface area contributed by atoms with Crippen LogP contribution in [0.1, 0.15) is 5.56 Å². The van der Waals surface area contributed by atoms with E-state index in [-0.39, 0.29) is 12.1 Å². The molecule has 2 heterocycles. The van der Waals surface area contributed by atoms with Gasteiger partial charge in [0.15, 0.2) is 0 Å². The van der Waals surface area contributed by atoms with Crippen molar-refractivity contribution in [2.45, 2.75) is 12.6 Å². The number of amides is 2. The van der Waals surface area contributed by atoms with Gasteiger partial charge in [0.25, 0.3) is 0 Å². The van der Waals surface area contributed by atoms with Crippen molar-refractivity contribution in [1.29, 1.82) is 0 Å². The molecule has 9 nitrogen and oxygen atoms in total. The predicted molar refractivity (Wildman–Crippen MR) is 136 cm³/mol. The fraction of sp³-hybridized carbons (Fsp3) is 0.320. The van der Waals surface area contributed by atoms with E-state index in [2.05, 4.69) is 29.2 Å². The summed E-state index contributed by atoms with van der Waals surface area (Å²) in [6.45, 7) is 5.47. The van der Waals surface area contributed by atoms with Crippen LogP contribution in [-0.4, -0.2) is 88.3 Å². The maximum Gasteiger partial charge on any atom is 0.328 e. The Balaban J connectivity index is 0.000000392. The molecule has 2 aliphatic heterocycles. The fourth-order valence-corrected chi connectivity index (χ4v) is 3.98. The number of benzene rings is 2. The largest absolute Gasteiger partial charge is 0.487 e. The number of carbonyl (C=O) groups excluding carboxylic acids is 1. The first kappa shape index (κ1) is 27.3. The molecule has 0 atom stereocenters. The highest BCUT2D eigenvalue weighted by atomic mass is 35.5. The van der Waals surface area contributed by atoms with Crippen LogP contribution in [0.15, 0.2) is 60.7 Å². The molecule has 0 spiro atoms. The number of carbonyl (C=O) groups is 3. The van der Waals surface area contributed by atoms with E-state index in [1.807, 2.05) is 15.9 Å². The Hall–Kier alpha value is -3.27. The fourth-order valence-electron chi connectivity index (χ4n) is 3.69. The number of carboxylic acid groups (broad SMARTS) is 2. The van der Waals surface area contributed by atoms with Crippen LogP contribution in [0.3, 0.4) is 0 Å². The number of halogens is 2. The first-order valence-corrected chi connectivity index (χ1v) is 12.0. The Labute approximate surface area is 219 Å². The standard InChI is InChI=1S/C21H23Cl2N3O2.C4H4O4/c22-19-7-6-17(12-20(19)23)28-18-14-26(15-18)21(27)25-10-8-24(9-11-25)13-16-4-2-1-3-5-16;5-3(6)1-2-4(7)8/h1-7,12,18H,8-11,13-15H2;1-2H,(H,5,6)(H,7,8). The number of rotatable bonds is 6. The van der Waals surface area contributed by atoms with Crippen LogP contribution in [0.2, 0.25) is 10.0 Å². The van der Waals surface area contributed by atoms with E-state index in [1.54, 1.807) is 18.2 Å². The SMILES string of the molecule is O=C(N1CCN(Cc2ccccc2)CC1)N1CC(Oc2ccc(Cl)c(Cl)c2)C1.O=C(O)C=CC(=O)O.